The minimum atomic E-state index is -0.506. The predicted molar refractivity (Wildman–Crippen MR) is 62.8 cm³/mol. The Morgan fingerprint density at radius 3 is 2.18 bits per heavy atom. The van der Waals surface area contributed by atoms with Crippen molar-refractivity contribution in [2.24, 2.45) is 0 Å². The van der Waals surface area contributed by atoms with Crippen LogP contribution in [0.1, 0.15) is 10.4 Å². The van der Waals surface area contributed by atoms with Crippen molar-refractivity contribution in [2.75, 3.05) is 0 Å². The standard InChI is InChI=1S/C13H8ClFO2/c14-10-3-1-9(2-4-10)13(16)17-12-7-5-11(15)6-8-12/h1-8H. The van der Waals surface area contributed by atoms with Crippen molar-refractivity contribution < 1.29 is 13.9 Å². The van der Waals surface area contributed by atoms with Crippen molar-refractivity contribution in [1.29, 1.82) is 0 Å². The number of rotatable bonds is 2. The molecule has 0 bridgehead atoms. The molecule has 0 radical (unpaired) electrons. The first-order chi connectivity index (χ1) is 8.15. The Morgan fingerprint density at radius 1 is 1.00 bits per heavy atom. The zero-order valence-corrected chi connectivity index (χ0v) is 9.45. The predicted octanol–water partition coefficient (Wildman–Crippen LogP) is 3.70. The summed E-state index contributed by atoms with van der Waals surface area (Å²) in [6.45, 7) is 0. The SMILES string of the molecule is O=C(Oc1ccc(F)cc1)c1ccc(Cl)cc1. The summed E-state index contributed by atoms with van der Waals surface area (Å²) in [5.74, 6) is -0.587. The van der Waals surface area contributed by atoms with Gasteiger partial charge in [-0.05, 0) is 48.5 Å². The molecule has 2 aromatic carbocycles. The maximum Gasteiger partial charge on any atom is 0.343 e. The number of esters is 1. The van der Waals surface area contributed by atoms with Crippen molar-refractivity contribution >= 4 is 17.6 Å². The van der Waals surface area contributed by atoms with Crippen LogP contribution >= 0.6 is 11.6 Å². The van der Waals surface area contributed by atoms with Gasteiger partial charge in [-0.3, -0.25) is 0 Å². The van der Waals surface area contributed by atoms with Crippen LogP contribution in [0.2, 0.25) is 5.02 Å². The number of hydrogen-bond acceptors (Lipinski definition) is 2. The second-order valence-corrected chi connectivity index (χ2v) is 3.79. The average Bonchev–Trinajstić information content (AvgIpc) is 2.33. The van der Waals surface area contributed by atoms with E-state index in [9.17, 15) is 9.18 Å². The third kappa shape index (κ3) is 3.04. The molecule has 2 aromatic rings. The molecule has 0 amide bonds. The molecule has 0 aromatic heterocycles. The van der Waals surface area contributed by atoms with Crippen LogP contribution in [0.4, 0.5) is 4.39 Å². The van der Waals surface area contributed by atoms with E-state index in [0.29, 0.717) is 16.3 Å². The van der Waals surface area contributed by atoms with Crippen molar-refractivity contribution in [3.8, 4) is 5.75 Å². The van der Waals surface area contributed by atoms with Crippen LogP contribution in [0.5, 0.6) is 5.75 Å². The van der Waals surface area contributed by atoms with Crippen molar-refractivity contribution in [3.63, 3.8) is 0 Å². The molecule has 0 heterocycles. The molecule has 17 heavy (non-hydrogen) atoms. The van der Waals surface area contributed by atoms with Crippen LogP contribution < -0.4 is 4.74 Å². The second-order valence-electron chi connectivity index (χ2n) is 3.35. The normalized spacial score (nSPS) is 10.0. The molecule has 0 unspecified atom stereocenters. The second kappa shape index (κ2) is 4.97. The summed E-state index contributed by atoms with van der Waals surface area (Å²) in [4.78, 5) is 11.7. The Bertz CT molecular complexity index is 520. The fourth-order valence-corrected chi connectivity index (χ4v) is 1.38. The molecule has 0 atom stereocenters. The van der Waals surface area contributed by atoms with Crippen LogP contribution in [0, 0.1) is 5.82 Å². The third-order valence-electron chi connectivity index (χ3n) is 2.10. The molecule has 0 aliphatic heterocycles. The zero-order valence-electron chi connectivity index (χ0n) is 8.69. The summed E-state index contributed by atoms with van der Waals surface area (Å²) in [5.41, 5.74) is 0.388. The smallest absolute Gasteiger partial charge is 0.343 e. The van der Waals surface area contributed by atoms with E-state index in [-0.39, 0.29) is 5.82 Å². The maximum absolute atomic E-state index is 12.6. The Morgan fingerprint density at radius 2 is 1.59 bits per heavy atom. The van der Waals surface area contributed by atoms with E-state index in [1.54, 1.807) is 24.3 Å². The highest BCUT2D eigenvalue weighted by Gasteiger charge is 2.08. The first kappa shape index (κ1) is 11.6. The Kier molecular flexibility index (Phi) is 3.40. The third-order valence-corrected chi connectivity index (χ3v) is 2.36. The van der Waals surface area contributed by atoms with E-state index in [1.165, 1.54) is 24.3 Å². The Hall–Kier alpha value is -1.87. The van der Waals surface area contributed by atoms with Gasteiger partial charge in [0.1, 0.15) is 11.6 Å². The molecule has 4 heteroatoms. The summed E-state index contributed by atoms with van der Waals surface area (Å²) < 4.78 is 17.7. The van der Waals surface area contributed by atoms with Gasteiger partial charge >= 0.3 is 5.97 Å². The number of hydrogen-bond donors (Lipinski definition) is 0. The zero-order chi connectivity index (χ0) is 12.3. The van der Waals surface area contributed by atoms with Crippen molar-refractivity contribution in [3.05, 3.63) is 64.9 Å². The first-order valence-electron chi connectivity index (χ1n) is 4.88. The number of ether oxygens (including phenoxy) is 1. The van der Waals surface area contributed by atoms with Crippen molar-refractivity contribution in [1.82, 2.24) is 0 Å². The Balaban J connectivity index is 2.11. The molecule has 2 nitrogen and oxygen atoms in total. The summed E-state index contributed by atoms with van der Waals surface area (Å²) in [6, 6.07) is 11.6. The van der Waals surface area contributed by atoms with Crippen LogP contribution in [-0.2, 0) is 0 Å². The van der Waals surface area contributed by atoms with Crippen LogP contribution in [0.3, 0.4) is 0 Å². The van der Waals surface area contributed by atoms with E-state index in [2.05, 4.69) is 0 Å². The largest absolute Gasteiger partial charge is 0.423 e. The van der Waals surface area contributed by atoms with Gasteiger partial charge < -0.3 is 4.74 Å². The lowest BCUT2D eigenvalue weighted by atomic mass is 10.2. The van der Waals surface area contributed by atoms with Crippen LogP contribution in [-0.4, -0.2) is 5.97 Å². The van der Waals surface area contributed by atoms with Crippen LogP contribution in [0.25, 0.3) is 0 Å². The van der Waals surface area contributed by atoms with Gasteiger partial charge in [0.25, 0.3) is 0 Å². The van der Waals surface area contributed by atoms with Crippen LogP contribution in [0.15, 0.2) is 48.5 Å². The van der Waals surface area contributed by atoms with E-state index >= 15 is 0 Å². The number of halogens is 2. The molecule has 2 rings (SSSR count). The van der Waals surface area contributed by atoms with E-state index in [1.807, 2.05) is 0 Å². The molecule has 0 spiro atoms. The molecule has 0 aliphatic carbocycles. The lowest BCUT2D eigenvalue weighted by Gasteiger charge is -2.03. The molecule has 86 valence electrons. The lowest BCUT2D eigenvalue weighted by molar-refractivity contribution is 0.0734. The molecular weight excluding hydrogens is 243 g/mol. The topological polar surface area (TPSA) is 26.3 Å². The minimum Gasteiger partial charge on any atom is -0.423 e. The molecule has 0 N–H and O–H groups in total. The molecule has 0 saturated carbocycles. The van der Waals surface area contributed by atoms with Gasteiger partial charge in [-0.25, -0.2) is 9.18 Å². The lowest BCUT2D eigenvalue weighted by Crippen LogP contribution is -2.08. The van der Waals surface area contributed by atoms with Gasteiger partial charge in [-0.2, -0.15) is 0 Å². The fraction of sp³-hybridized carbons (Fsp3) is 0. The average molecular weight is 251 g/mol. The fourth-order valence-electron chi connectivity index (χ4n) is 1.25. The minimum absolute atomic E-state index is 0.298. The van der Waals surface area contributed by atoms with E-state index in [4.69, 9.17) is 16.3 Å². The summed E-state index contributed by atoms with van der Waals surface area (Å²) in [5, 5.41) is 0.545. The quantitative estimate of drug-likeness (QED) is 0.600. The highest BCUT2D eigenvalue weighted by atomic mass is 35.5. The summed E-state index contributed by atoms with van der Waals surface area (Å²) in [6.07, 6.45) is 0. The van der Waals surface area contributed by atoms with Crippen molar-refractivity contribution in [2.45, 2.75) is 0 Å². The molecule has 0 saturated heterocycles. The van der Waals surface area contributed by atoms with Gasteiger partial charge in [0.15, 0.2) is 0 Å². The van der Waals surface area contributed by atoms with Gasteiger partial charge in [-0.15, -0.1) is 0 Å². The summed E-state index contributed by atoms with van der Waals surface area (Å²) >= 11 is 5.70. The van der Waals surface area contributed by atoms with E-state index < -0.39 is 5.97 Å². The number of carbonyl (C=O) groups excluding carboxylic acids is 1. The Labute approximate surface area is 103 Å². The highest BCUT2D eigenvalue weighted by Crippen LogP contribution is 2.15. The molecule has 0 fully saturated rings. The number of benzene rings is 2. The summed E-state index contributed by atoms with van der Waals surface area (Å²) in [7, 11) is 0. The van der Waals surface area contributed by atoms with Gasteiger partial charge in [0.05, 0.1) is 5.56 Å². The monoisotopic (exact) mass is 250 g/mol. The molecule has 0 aliphatic rings. The number of carbonyl (C=O) groups is 1. The first-order valence-corrected chi connectivity index (χ1v) is 5.26. The van der Waals surface area contributed by atoms with Gasteiger partial charge in [0.2, 0.25) is 0 Å². The maximum atomic E-state index is 12.6. The van der Waals surface area contributed by atoms with Gasteiger partial charge in [0, 0.05) is 5.02 Å². The van der Waals surface area contributed by atoms with Gasteiger partial charge in [-0.1, -0.05) is 11.6 Å². The molecular formula is C13H8ClFO2. The van der Waals surface area contributed by atoms with E-state index in [0.717, 1.165) is 0 Å². The highest BCUT2D eigenvalue weighted by molar-refractivity contribution is 6.30.